The molecule has 0 saturated carbocycles. The van der Waals surface area contributed by atoms with Gasteiger partial charge in [0.05, 0.1) is 5.56 Å². The summed E-state index contributed by atoms with van der Waals surface area (Å²) < 4.78 is 199. The highest BCUT2D eigenvalue weighted by Gasteiger charge is 2.42. The van der Waals surface area contributed by atoms with Crippen molar-refractivity contribution in [2.45, 2.75) is 25.3 Å². The van der Waals surface area contributed by atoms with Gasteiger partial charge in [0, 0.05) is 17.7 Å². The Balaban J connectivity index is 1.55. The largest absolute Gasteiger partial charge is 0.573 e. The van der Waals surface area contributed by atoms with Gasteiger partial charge in [-0.2, -0.15) is 17.6 Å². The predicted molar refractivity (Wildman–Crippen MR) is 133 cm³/mol. The minimum absolute atomic E-state index is 0.0207. The minimum Gasteiger partial charge on any atom is -0.429 e. The maximum Gasteiger partial charge on any atom is 0.573 e. The third kappa shape index (κ3) is 7.72. The molecule has 0 radical (unpaired) electrons. The summed E-state index contributed by atoms with van der Waals surface area (Å²) in [5, 5.41) is 0. The molecule has 0 spiro atoms. The standard InChI is InChI=1S/C30H14F14O2/c31-18-7-14(2-1-13-3-5-15(6-4-13)26(37)28(38)39)8-19(32)24(18)16-9-20(33)25(21(34)10-16)29(40,41)45-17-11-22(35)27(23(36)12-17)46-30(42,43)44/h3-12H,1-2H2. The van der Waals surface area contributed by atoms with E-state index < -0.39 is 93.0 Å². The molecule has 2 nitrogen and oxygen atoms in total. The van der Waals surface area contributed by atoms with E-state index in [4.69, 9.17) is 0 Å². The molecule has 0 aliphatic rings. The van der Waals surface area contributed by atoms with Gasteiger partial charge < -0.3 is 9.47 Å². The van der Waals surface area contributed by atoms with Crippen LogP contribution in [0.3, 0.4) is 0 Å². The number of hydrogen-bond donors (Lipinski definition) is 0. The first-order valence-electron chi connectivity index (χ1n) is 12.5. The van der Waals surface area contributed by atoms with Gasteiger partial charge in [-0.3, -0.25) is 0 Å². The van der Waals surface area contributed by atoms with Crippen molar-refractivity contribution >= 4 is 5.83 Å². The Morgan fingerprint density at radius 3 is 1.54 bits per heavy atom. The van der Waals surface area contributed by atoms with E-state index in [0.717, 1.165) is 24.3 Å². The van der Waals surface area contributed by atoms with Crippen LogP contribution in [0.15, 0.2) is 66.7 Å². The van der Waals surface area contributed by atoms with Gasteiger partial charge in [0.2, 0.25) is 5.75 Å². The average molecular weight is 672 g/mol. The lowest BCUT2D eigenvalue weighted by atomic mass is 9.97. The highest BCUT2D eigenvalue weighted by Crippen LogP contribution is 2.40. The van der Waals surface area contributed by atoms with E-state index in [0.29, 0.717) is 5.56 Å². The molecule has 0 aliphatic heterocycles. The van der Waals surface area contributed by atoms with Crippen LogP contribution in [0.4, 0.5) is 61.5 Å². The van der Waals surface area contributed by atoms with Crippen molar-refractivity contribution in [3.8, 4) is 22.6 Å². The molecule has 0 N–H and O–H groups in total. The molecular weight excluding hydrogens is 658 g/mol. The molecule has 0 heterocycles. The molecule has 0 amide bonds. The van der Waals surface area contributed by atoms with Gasteiger partial charge in [-0.15, -0.1) is 13.2 Å². The van der Waals surface area contributed by atoms with Gasteiger partial charge in [0.15, 0.2) is 17.5 Å². The highest BCUT2D eigenvalue weighted by molar-refractivity contribution is 5.66. The first kappa shape index (κ1) is 34.1. The number of benzene rings is 4. The first-order valence-corrected chi connectivity index (χ1v) is 12.5. The fourth-order valence-electron chi connectivity index (χ4n) is 4.26. The Morgan fingerprint density at radius 1 is 0.565 bits per heavy atom. The second-order valence-corrected chi connectivity index (χ2v) is 9.40. The summed E-state index contributed by atoms with van der Waals surface area (Å²) in [6.45, 7) is 0. The van der Waals surface area contributed by atoms with Crippen LogP contribution in [0.5, 0.6) is 11.5 Å². The molecule has 4 aromatic rings. The van der Waals surface area contributed by atoms with Gasteiger partial charge in [-0.05, 0) is 53.8 Å². The lowest BCUT2D eigenvalue weighted by molar-refractivity contribution is -0.276. The fourth-order valence-corrected chi connectivity index (χ4v) is 4.26. The van der Waals surface area contributed by atoms with Gasteiger partial charge in [0.1, 0.15) is 34.6 Å². The predicted octanol–water partition coefficient (Wildman–Crippen LogP) is 10.5. The number of ether oxygens (including phenoxy) is 2. The summed E-state index contributed by atoms with van der Waals surface area (Å²) in [4.78, 5) is 0. The van der Waals surface area contributed by atoms with Crippen LogP contribution in [0, 0.1) is 34.9 Å². The van der Waals surface area contributed by atoms with E-state index in [1.54, 1.807) is 0 Å². The number of aryl methyl sites for hydroxylation is 2. The second kappa shape index (κ2) is 12.9. The molecule has 0 saturated heterocycles. The van der Waals surface area contributed by atoms with Crippen LogP contribution in [-0.2, 0) is 19.0 Å². The molecule has 244 valence electrons. The summed E-state index contributed by atoms with van der Waals surface area (Å²) >= 11 is 0. The topological polar surface area (TPSA) is 18.5 Å². The molecule has 0 aromatic heterocycles. The zero-order valence-corrected chi connectivity index (χ0v) is 22.3. The zero-order valence-electron chi connectivity index (χ0n) is 22.3. The molecule has 46 heavy (non-hydrogen) atoms. The van der Waals surface area contributed by atoms with Crippen molar-refractivity contribution in [1.29, 1.82) is 0 Å². The van der Waals surface area contributed by atoms with E-state index in [2.05, 4.69) is 9.47 Å². The van der Waals surface area contributed by atoms with Crippen LogP contribution in [0.25, 0.3) is 17.0 Å². The quantitative estimate of drug-likeness (QED) is 0.165. The molecule has 0 aliphatic carbocycles. The monoisotopic (exact) mass is 672 g/mol. The lowest BCUT2D eigenvalue weighted by Gasteiger charge is -2.21. The summed E-state index contributed by atoms with van der Waals surface area (Å²) in [5.41, 5.74) is -3.97. The van der Waals surface area contributed by atoms with Crippen molar-refractivity contribution < 1.29 is 70.9 Å². The molecule has 16 heteroatoms. The molecule has 0 unspecified atom stereocenters. The number of rotatable bonds is 9. The third-order valence-electron chi connectivity index (χ3n) is 6.23. The van der Waals surface area contributed by atoms with E-state index in [9.17, 15) is 61.5 Å². The lowest BCUT2D eigenvalue weighted by Crippen LogP contribution is -2.25. The molecule has 0 bridgehead atoms. The van der Waals surface area contributed by atoms with E-state index in [1.807, 2.05) is 0 Å². The highest BCUT2D eigenvalue weighted by atomic mass is 19.4. The van der Waals surface area contributed by atoms with Crippen molar-refractivity contribution in [2.75, 3.05) is 0 Å². The Morgan fingerprint density at radius 2 is 1.07 bits per heavy atom. The van der Waals surface area contributed by atoms with Crippen molar-refractivity contribution in [1.82, 2.24) is 0 Å². The maximum absolute atomic E-state index is 14.9. The van der Waals surface area contributed by atoms with Crippen LogP contribution >= 0.6 is 0 Å². The SMILES string of the molecule is FC(F)=C(F)c1ccc(CCc2cc(F)c(-c3cc(F)c(C(F)(F)Oc4cc(F)c(OC(F)(F)F)c(F)c4)c(F)c3)c(F)c2)cc1. The van der Waals surface area contributed by atoms with Gasteiger partial charge in [-0.1, -0.05) is 24.3 Å². The van der Waals surface area contributed by atoms with Crippen molar-refractivity contribution in [3.05, 3.63) is 124 Å². The number of hydrogen-bond acceptors (Lipinski definition) is 2. The smallest absolute Gasteiger partial charge is 0.429 e. The van der Waals surface area contributed by atoms with E-state index >= 15 is 0 Å². The number of halogens is 14. The molecule has 4 aromatic carbocycles. The van der Waals surface area contributed by atoms with Gasteiger partial charge >= 0.3 is 18.6 Å². The third-order valence-corrected chi connectivity index (χ3v) is 6.23. The van der Waals surface area contributed by atoms with Crippen LogP contribution in [-0.4, -0.2) is 6.36 Å². The van der Waals surface area contributed by atoms with Crippen LogP contribution < -0.4 is 9.47 Å². The van der Waals surface area contributed by atoms with Crippen molar-refractivity contribution in [3.63, 3.8) is 0 Å². The minimum atomic E-state index is -5.56. The molecular formula is C30H14F14O2. The Hall–Kier alpha value is -4.76. The first-order chi connectivity index (χ1) is 21.4. The van der Waals surface area contributed by atoms with Crippen molar-refractivity contribution in [2.24, 2.45) is 0 Å². The molecule has 0 fully saturated rings. The summed E-state index contributed by atoms with van der Waals surface area (Å²) in [5.74, 6) is -16.5. The van der Waals surface area contributed by atoms with Gasteiger partial charge in [0.25, 0.3) is 0 Å². The Labute approximate surface area is 249 Å². The zero-order chi connectivity index (χ0) is 34.1. The average Bonchev–Trinajstić information content (AvgIpc) is 2.92. The summed E-state index contributed by atoms with van der Waals surface area (Å²) in [6, 6.07) is 6.19. The van der Waals surface area contributed by atoms with E-state index in [1.165, 1.54) is 12.1 Å². The van der Waals surface area contributed by atoms with Gasteiger partial charge in [-0.25, -0.2) is 30.7 Å². The fraction of sp³-hybridized carbons (Fsp3) is 0.133. The van der Waals surface area contributed by atoms with E-state index in [-0.39, 0.29) is 42.7 Å². The summed E-state index contributed by atoms with van der Waals surface area (Å²) in [7, 11) is 0. The van der Waals surface area contributed by atoms with Crippen LogP contribution in [0.1, 0.15) is 22.3 Å². The molecule has 0 atom stereocenters. The maximum atomic E-state index is 14.9. The second-order valence-electron chi connectivity index (χ2n) is 9.40. The normalized spacial score (nSPS) is 11.9. The molecule has 4 rings (SSSR count). The van der Waals surface area contributed by atoms with Crippen LogP contribution in [0.2, 0.25) is 0 Å². The number of alkyl halides is 5. The Kier molecular flexibility index (Phi) is 9.59. The summed E-state index contributed by atoms with van der Waals surface area (Å²) in [6.07, 6.45) is -13.1. The Bertz CT molecular complexity index is 1720.